The van der Waals surface area contributed by atoms with E-state index in [9.17, 15) is 9.90 Å². The Kier molecular flexibility index (Phi) is 4.93. The van der Waals surface area contributed by atoms with Crippen molar-refractivity contribution >= 4 is 17.7 Å². The summed E-state index contributed by atoms with van der Waals surface area (Å²) in [6.07, 6.45) is 1.04. The zero-order chi connectivity index (χ0) is 13.0. The monoisotopic (exact) mass is 254 g/mol. The molecule has 5 heteroatoms. The minimum Gasteiger partial charge on any atom is -0.478 e. The van der Waals surface area contributed by atoms with Crippen LogP contribution in [-0.4, -0.2) is 27.0 Å². The van der Waals surface area contributed by atoms with Gasteiger partial charge in [-0.05, 0) is 37.5 Å². The van der Waals surface area contributed by atoms with Crippen molar-refractivity contribution in [2.45, 2.75) is 39.1 Å². The Morgan fingerprint density at radius 2 is 2.00 bits per heavy atom. The third kappa shape index (κ3) is 3.70. The minimum atomic E-state index is -0.924. The Labute approximate surface area is 106 Å². The van der Waals surface area contributed by atoms with Crippen LogP contribution in [0.25, 0.3) is 0 Å². The van der Waals surface area contributed by atoms with Gasteiger partial charge in [0.1, 0.15) is 5.03 Å². The molecule has 0 spiro atoms. The van der Waals surface area contributed by atoms with Gasteiger partial charge in [0.15, 0.2) is 0 Å². The SMILES string of the molecule is Cc1nnc(SCCC(C)C)c(C(=O)O)c1C. The molecule has 0 fully saturated rings. The standard InChI is InChI=1S/C12H18N2O2S/c1-7(2)5-6-17-11-10(12(15)16)8(3)9(4)13-14-11/h7H,5-6H2,1-4H3,(H,15,16). The first-order chi connectivity index (χ1) is 7.93. The summed E-state index contributed by atoms with van der Waals surface area (Å²) in [6.45, 7) is 7.84. The average molecular weight is 254 g/mol. The Balaban J connectivity index is 2.91. The van der Waals surface area contributed by atoms with E-state index in [1.807, 2.05) is 0 Å². The largest absolute Gasteiger partial charge is 0.478 e. The van der Waals surface area contributed by atoms with Crippen LogP contribution in [0, 0.1) is 19.8 Å². The zero-order valence-corrected chi connectivity index (χ0v) is 11.5. The van der Waals surface area contributed by atoms with Gasteiger partial charge in [-0.2, -0.15) is 5.10 Å². The number of aromatic nitrogens is 2. The molecule has 1 heterocycles. The molecule has 0 atom stereocenters. The van der Waals surface area contributed by atoms with Crippen LogP contribution in [0.15, 0.2) is 5.03 Å². The number of nitrogens with zero attached hydrogens (tertiary/aromatic N) is 2. The van der Waals surface area contributed by atoms with Gasteiger partial charge in [-0.3, -0.25) is 0 Å². The lowest BCUT2D eigenvalue weighted by Gasteiger charge is -2.09. The highest BCUT2D eigenvalue weighted by Gasteiger charge is 2.17. The summed E-state index contributed by atoms with van der Waals surface area (Å²) in [4.78, 5) is 11.2. The Hall–Kier alpha value is -1.10. The molecule has 0 unspecified atom stereocenters. The predicted molar refractivity (Wildman–Crippen MR) is 68.6 cm³/mol. The number of carbonyl (C=O) groups is 1. The number of carboxylic acid groups (broad SMARTS) is 1. The summed E-state index contributed by atoms with van der Waals surface area (Å²) in [7, 11) is 0. The molecular formula is C12H18N2O2S. The van der Waals surface area contributed by atoms with Crippen LogP contribution in [0.4, 0.5) is 0 Å². The molecule has 1 N–H and O–H groups in total. The van der Waals surface area contributed by atoms with E-state index in [2.05, 4.69) is 24.0 Å². The van der Waals surface area contributed by atoms with Crippen LogP contribution in [-0.2, 0) is 0 Å². The lowest BCUT2D eigenvalue weighted by atomic mass is 10.1. The van der Waals surface area contributed by atoms with Crippen LogP contribution < -0.4 is 0 Å². The number of thioether (sulfide) groups is 1. The van der Waals surface area contributed by atoms with Crippen molar-refractivity contribution in [3.05, 3.63) is 16.8 Å². The maximum atomic E-state index is 11.2. The summed E-state index contributed by atoms with van der Waals surface area (Å²) >= 11 is 1.47. The number of aryl methyl sites for hydroxylation is 1. The molecule has 0 aliphatic rings. The van der Waals surface area contributed by atoms with Crippen LogP contribution in [0.2, 0.25) is 0 Å². The van der Waals surface area contributed by atoms with Gasteiger partial charge in [-0.25, -0.2) is 4.79 Å². The number of hydrogen-bond donors (Lipinski definition) is 1. The van der Waals surface area contributed by atoms with E-state index in [1.54, 1.807) is 13.8 Å². The second kappa shape index (κ2) is 6.00. The smallest absolute Gasteiger partial charge is 0.338 e. The van der Waals surface area contributed by atoms with Gasteiger partial charge >= 0.3 is 5.97 Å². The van der Waals surface area contributed by atoms with Gasteiger partial charge in [0.25, 0.3) is 0 Å². The first kappa shape index (κ1) is 14.0. The Morgan fingerprint density at radius 1 is 1.35 bits per heavy atom. The van der Waals surface area contributed by atoms with E-state index in [0.29, 0.717) is 27.8 Å². The zero-order valence-electron chi connectivity index (χ0n) is 10.6. The number of rotatable bonds is 5. The molecule has 1 aromatic heterocycles. The van der Waals surface area contributed by atoms with Crippen LogP contribution in [0.1, 0.15) is 41.9 Å². The molecule has 0 bridgehead atoms. The third-order valence-electron chi connectivity index (χ3n) is 2.57. The Bertz CT molecular complexity index is 419. The highest BCUT2D eigenvalue weighted by atomic mass is 32.2. The quantitative estimate of drug-likeness (QED) is 0.818. The number of hydrogen-bond acceptors (Lipinski definition) is 4. The maximum absolute atomic E-state index is 11.2. The minimum absolute atomic E-state index is 0.297. The predicted octanol–water partition coefficient (Wildman–Crippen LogP) is 2.93. The number of carboxylic acids is 1. The van der Waals surface area contributed by atoms with E-state index in [4.69, 9.17) is 0 Å². The second-order valence-corrected chi connectivity index (χ2v) is 5.51. The van der Waals surface area contributed by atoms with Crippen molar-refractivity contribution in [3.8, 4) is 0 Å². The lowest BCUT2D eigenvalue weighted by molar-refractivity contribution is 0.0690. The molecule has 1 rings (SSSR count). The van der Waals surface area contributed by atoms with Crippen molar-refractivity contribution in [1.29, 1.82) is 0 Å². The highest BCUT2D eigenvalue weighted by molar-refractivity contribution is 7.99. The first-order valence-corrected chi connectivity index (χ1v) is 6.62. The van der Waals surface area contributed by atoms with Crippen LogP contribution in [0.3, 0.4) is 0 Å². The molecule has 0 amide bonds. The van der Waals surface area contributed by atoms with E-state index < -0.39 is 5.97 Å². The fourth-order valence-corrected chi connectivity index (χ4v) is 2.60. The van der Waals surface area contributed by atoms with Crippen molar-refractivity contribution in [3.63, 3.8) is 0 Å². The molecular weight excluding hydrogens is 236 g/mol. The maximum Gasteiger partial charge on any atom is 0.338 e. The summed E-state index contributed by atoms with van der Waals surface area (Å²) in [5.74, 6) is 0.553. The van der Waals surface area contributed by atoms with E-state index in [-0.39, 0.29) is 0 Å². The molecule has 0 aromatic carbocycles. The van der Waals surface area contributed by atoms with Gasteiger partial charge < -0.3 is 5.11 Å². The van der Waals surface area contributed by atoms with Crippen LogP contribution >= 0.6 is 11.8 Å². The normalized spacial score (nSPS) is 10.9. The molecule has 94 valence electrons. The molecule has 0 aliphatic heterocycles. The fraction of sp³-hybridized carbons (Fsp3) is 0.583. The third-order valence-corrected chi connectivity index (χ3v) is 3.57. The first-order valence-electron chi connectivity index (χ1n) is 5.63. The van der Waals surface area contributed by atoms with Crippen molar-refractivity contribution in [2.24, 2.45) is 5.92 Å². The molecule has 0 aliphatic carbocycles. The number of aromatic carboxylic acids is 1. The average Bonchev–Trinajstić information content (AvgIpc) is 2.22. The van der Waals surface area contributed by atoms with Crippen LogP contribution in [0.5, 0.6) is 0 Å². The van der Waals surface area contributed by atoms with Gasteiger partial charge in [-0.1, -0.05) is 13.8 Å². The fourth-order valence-electron chi connectivity index (χ4n) is 1.33. The molecule has 0 saturated carbocycles. The second-order valence-electron chi connectivity index (χ2n) is 4.43. The molecule has 1 aromatic rings. The van der Waals surface area contributed by atoms with E-state index in [1.165, 1.54) is 11.8 Å². The molecule has 0 saturated heterocycles. The molecule has 4 nitrogen and oxygen atoms in total. The van der Waals surface area contributed by atoms with Gasteiger partial charge in [0.05, 0.1) is 11.3 Å². The van der Waals surface area contributed by atoms with Gasteiger partial charge in [0, 0.05) is 0 Å². The highest BCUT2D eigenvalue weighted by Crippen LogP contribution is 2.25. The summed E-state index contributed by atoms with van der Waals surface area (Å²) < 4.78 is 0. The van der Waals surface area contributed by atoms with E-state index >= 15 is 0 Å². The Morgan fingerprint density at radius 3 is 2.53 bits per heavy atom. The molecule has 0 radical (unpaired) electrons. The lowest BCUT2D eigenvalue weighted by Crippen LogP contribution is -2.08. The van der Waals surface area contributed by atoms with Crippen molar-refractivity contribution in [1.82, 2.24) is 10.2 Å². The summed E-state index contributed by atoms with van der Waals surface area (Å²) in [5, 5.41) is 17.7. The van der Waals surface area contributed by atoms with E-state index in [0.717, 1.165) is 12.2 Å². The summed E-state index contributed by atoms with van der Waals surface area (Å²) in [5.41, 5.74) is 1.68. The van der Waals surface area contributed by atoms with Gasteiger partial charge in [0.2, 0.25) is 0 Å². The van der Waals surface area contributed by atoms with Crippen molar-refractivity contribution in [2.75, 3.05) is 5.75 Å². The van der Waals surface area contributed by atoms with Gasteiger partial charge in [-0.15, -0.1) is 16.9 Å². The molecule has 17 heavy (non-hydrogen) atoms. The topological polar surface area (TPSA) is 63.1 Å². The van der Waals surface area contributed by atoms with Crippen molar-refractivity contribution < 1.29 is 9.90 Å². The summed E-state index contributed by atoms with van der Waals surface area (Å²) in [6, 6.07) is 0.